The average molecular weight is 386 g/mol. The van der Waals surface area contributed by atoms with Crippen molar-refractivity contribution in [2.24, 2.45) is 0 Å². The summed E-state index contributed by atoms with van der Waals surface area (Å²) in [5.41, 5.74) is 4.29. The molecule has 2 heterocycles. The van der Waals surface area contributed by atoms with Crippen molar-refractivity contribution in [3.63, 3.8) is 0 Å². The zero-order valence-corrected chi connectivity index (χ0v) is 15.9. The number of amides is 1. The lowest BCUT2D eigenvalue weighted by Gasteiger charge is -2.12. The van der Waals surface area contributed by atoms with Crippen LogP contribution in [0.25, 0.3) is 11.3 Å². The SMILES string of the molecule is C#Cc1ccc2c(c1)NC(=O)Cc1cnc(Nc3ccc(OC)c(OC)c3)nc1-2. The molecule has 1 aliphatic heterocycles. The lowest BCUT2D eigenvalue weighted by Crippen LogP contribution is -2.12. The van der Waals surface area contributed by atoms with Crippen LogP contribution in [0.15, 0.2) is 42.6 Å². The Morgan fingerprint density at radius 1 is 1.14 bits per heavy atom. The molecule has 0 spiro atoms. The van der Waals surface area contributed by atoms with E-state index in [4.69, 9.17) is 15.9 Å². The van der Waals surface area contributed by atoms with Crippen molar-refractivity contribution in [3.8, 4) is 35.1 Å². The number of fused-ring (bicyclic) bond motifs is 3. The number of carbonyl (C=O) groups is 1. The van der Waals surface area contributed by atoms with E-state index in [2.05, 4.69) is 26.5 Å². The van der Waals surface area contributed by atoms with Gasteiger partial charge in [-0.2, -0.15) is 0 Å². The number of terminal acetylenes is 1. The number of ether oxygens (including phenoxy) is 2. The second-order valence-electron chi connectivity index (χ2n) is 6.39. The molecule has 1 amide bonds. The van der Waals surface area contributed by atoms with Gasteiger partial charge in [-0.1, -0.05) is 5.92 Å². The third-order valence-corrected chi connectivity index (χ3v) is 4.57. The van der Waals surface area contributed by atoms with Crippen molar-refractivity contribution >= 4 is 23.2 Å². The highest BCUT2D eigenvalue weighted by Gasteiger charge is 2.21. The highest BCUT2D eigenvalue weighted by atomic mass is 16.5. The van der Waals surface area contributed by atoms with Crippen molar-refractivity contribution < 1.29 is 14.3 Å². The Labute approximate surface area is 168 Å². The lowest BCUT2D eigenvalue weighted by molar-refractivity contribution is -0.115. The Morgan fingerprint density at radius 2 is 1.97 bits per heavy atom. The van der Waals surface area contributed by atoms with Crippen molar-refractivity contribution in [3.05, 3.63) is 53.7 Å². The molecule has 1 aromatic heterocycles. The molecule has 0 aliphatic carbocycles. The van der Waals surface area contributed by atoms with Gasteiger partial charge in [0.25, 0.3) is 0 Å². The normalized spacial score (nSPS) is 12.0. The zero-order valence-electron chi connectivity index (χ0n) is 15.9. The van der Waals surface area contributed by atoms with E-state index in [9.17, 15) is 4.79 Å². The first-order valence-corrected chi connectivity index (χ1v) is 8.87. The van der Waals surface area contributed by atoms with E-state index in [0.717, 1.165) is 16.8 Å². The first-order valence-electron chi connectivity index (χ1n) is 8.87. The maximum atomic E-state index is 12.3. The van der Waals surface area contributed by atoms with Crippen LogP contribution in [0.1, 0.15) is 11.1 Å². The molecule has 29 heavy (non-hydrogen) atoms. The predicted octanol–water partition coefficient (Wildman–Crippen LogP) is 3.38. The van der Waals surface area contributed by atoms with Gasteiger partial charge in [0.05, 0.1) is 32.0 Å². The maximum absolute atomic E-state index is 12.3. The second-order valence-corrected chi connectivity index (χ2v) is 6.39. The van der Waals surface area contributed by atoms with Crippen LogP contribution >= 0.6 is 0 Å². The van der Waals surface area contributed by atoms with Gasteiger partial charge in [0, 0.05) is 34.6 Å². The Kier molecular flexibility index (Phi) is 4.75. The molecule has 0 fully saturated rings. The van der Waals surface area contributed by atoms with E-state index in [1.165, 1.54) is 0 Å². The Morgan fingerprint density at radius 3 is 2.72 bits per heavy atom. The number of anilines is 3. The number of aromatic nitrogens is 2. The van der Waals surface area contributed by atoms with Crippen LogP contribution in [-0.2, 0) is 11.2 Å². The summed E-state index contributed by atoms with van der Waals surface area (Å²) in [4.78, 5) is 21.3. The molecule has 0 bridgehead atoms. The maximum Gasteiger partial charge on any atom is 0.228 e. The molecule has 3 aromatic rings. The summed E-state index contributed by atoms with van der Waals surface area (Å²) in [5.74, 6) is 4.07. The molecule has 1 aliphatic rings. The summed E-state index contributed by atoms with van der Waals surface area (Å²) in [7, 11) is 3.16. The average Bonchev–Trinajstić information content (AvgIpc) is 2.88. The summed E-state index contributed by atoms with van der Waals surface area (Å²) < 4.78 is 10.6. The number of hydrogen-bond donors (Lipinski definition) is 2. The van der Waals surface area contributed by atoms with Crippen molar-refractivity contribution in [1.82, 2.24) is 9.97 Å². The molecule has 4 rings (SSSR count). The number of nitrogens with zero attached hydrogens (tertiary/aromatic N) is 2. The number of nitrogens with one attached hydrogen (secondary N) is 2. The molecule has 7 heteroatoms. The van der Waals surface area contributed by atoms with Gasteiger partial charge in [-0.15, -0.1) is 6.42 Å². The third kappa shape index (κ3) is 3.56. The first kappa shape index (κ1) is 18.3. The minimum atomic E-state index is -0.136. The van der Waals surface area contributed by atoms with E-state index >= 15 is 0 Å². The van der Waals surface area contributed by atoms with Crippen molar-refractivity contribution in [2.75, 3.05) is 24.9 Å². The first-order chi connectivity index (χ1) is 14.1. The van der Waals surface area contributed by atoms with E-state index < -0.39 is 0 Å². The van der Waals surface area contributed by atoms with Crippen LogP contribution in [0, 0.1) is 12.3 Å². The molecular formula is C22H18N4O3. The molecule has 0 saturated carbocycles. The van der Waals surface area contributed by atoms with E-state index in [-0.39, 0.29) is 12.3 Å². The Bertz CT molecular complexity index is 1150. The summed E-state index contributed by atoms with van der Waals surface area (Å²) in [5, 5.41) is 6.06. The van der Waals surface area contributed by atoms with Crippen LogP contribution < -0.4 is 20.1 Å². The van der Waals surface area contributed by atoms with E-state index in [1.54, 1.807) is 38.6 Å². The minimum absolute atomic E-state index is 0.136. The van der Waals surface area contributed by atoms with Crippen LogP contribution in [0.2, 0.25) is 0 Å². The predicted molar refractivity (Wildman–Crippen MR) is 111 cm³/mol. The molecule has 0 unspecified atom stereocenters. The zero-order chi connectivity index (χ0) is 20.4. The lowest BCUT2D eigenvalue weighted by atomic mass is 10.0. The molecule has 144 valence electrons. The van der Waals surface area contributed by atoms with Gasteiger partial charge in [0.15, 0.2) is 11.5 Å². The fourth-order valence-electron chi connectivity index (χ4n) is 3.18. The summed E-state index contributed by atoms with van der Waals surface area (Å²) >= 11 is 0. The van der Waals surface area contributed by atoms with E-state index in [0.29, 0.717) is 34.4 Å². The van der Waals surface area contributed by atoms with E-state index in [1.807, 2.05) is 18.2 Å². The minimum Gasteiger partial charge on any atom is -0.493 e. The van der Waals surface area contributed by atoms with Crippen LogP contribution in [-0.4, -0.2) is 30.1 Å². The van der Waals surface area contributed by atoms with Crippen molar-refractivity contribution in [2.45, 2.75) is 6.42 Å². The molecule has 2 aromatic carbocycles. The van der Waals surface area contributed by atoms with Gasteiger partial charge in [0.1, 0.15) is 0 Å². The molecular weight excluding hydrogens is 368 g/mol. The second kappa shape index (κ2) is 7.52. The topological polar surface area (TPSA) is 85.4 Å². The van der Waals surface area contributed by atoms with Gasteiger partial charge < -0.3 is 20.1 Å². The standard InChI is InChI=1S/C22H18N4O3/c1-4-13-5-7-16-17(9-13)25-20(27)10-14-12-23-22(26-21(14)16)24-15-6-8-18(28-2)19(11-15)29-3/h1,5-9,11-12H,10H2,2-3H3,(H,25,27)(H,23,24,26). The number of methoxy groups -OCH3 is 2. The van der Waals surface area contributed by atoms with Gasteiger partial charge >= 0.3 is 0 Å². The van der Waals surface area contributed by atoms with Gasteiger partial charge in [-0.05, 0) is 30.3 Å². The van der Waals surface area contributed by atoms with Gasteiger partial charge in [-0.3, -0.25) is 4.79 Å². The molecule has 7 nitrogen and oxygen atoms in total. The largest absolute Gasteiger partial charge is 0.493 e. The number of benzene rings is 2. The fraction of sp³-hybridized carbons (Fsp3) is 0.136. The monoisotopic (exact) mass is 386 g/mol. The van der Waals surface area contributed by atoms with Crippen LogP contribution in [0.5, 0.6) is 11.5 Å². The summed E-state index contributed by atoms with van der Waals surface area (Å²) in [6.07, 6.45) is 7.34. The summed E-state index contributed by atoms with van der Waals surface area (Å²) in [6.45, 7) is 0. The Balaban J connectivity index is 1.74. The Hall–Kier alpha value is -4.05. The fourth-order valence-corrected chi connectivity index (χ4v) is 3.18. The molecule has 2 N–H and O–H groups in total. The number of hydrogen-bond acceptors (Lipinski definition) is 6. The van der Waals surface area contributed by atoms with Crippen molar-refractivity contribution in [1.29, 1.82) is 0 Å². The van der Waals surface area contributed by atoms with Crippen LogP contribution in [0.3, 0.4) is 0 Å². The molecule has 0 radical (unpaired) electrons. The smallest absolute Gasteiger partial charge is 0.228 e. The molecule has 0 saturated heterocycles. The quantitative estimate of drug-likeness (QED) is 0.669. The summed E-state index contributed by atoms with van der Waals surface area (Å²) in [6, 6.07) is 10.9. The van der Waals surface area contributed by atoms with Gasteiger partial charge in [0.2, 0.25) is 11.9 Å². The number of rotatable bonds is 4. The highest BCUT2D eigenvalue weighted by Crippen LogP contribution is 2.34. The highest BCUT2D eigenvalue weighted by molar-refractivity contribution is 6.00. The third-order valence-electron chi connectivity index (χ3n) is 4.57. The molecule has 0 atom stereocenters. The number of carbonyl (C=O) groups excluding carboxylic acids is 1. The van der Waals surface area contributed by atoms with Gasteiger partial charge in [-0.25, -0.2) is 9.97 Å². The van der Waals surface area contributed by atoms with Crippen LogP contribution in [0.4, 0.5) is 17.3 Å².